The number of H-pyrrole nitrogens is 1. The van der Waals surface area contributed by atoms with E-state index in [2.05, 4.69) is 26.7 Å². The van der Waals surface area contributed by atoms with Gasteiger partial charge in [-0.05, 0) is 96.7 Å². The highest BCUT2D eigenvalue weighted by atomic mass is 16.5. The first-order chi connectivity index (χ1) is 29.9. The Hall–Kier alpha value is -6.51. The average molecular weight is 844 g/mol. The second-order valence-electron chi connectivity index (χ2n) is 16.9. The number of carbonyl (C=O) groups is 4. The van der Waals surface area contributed by atoms with E-state index < -0.39 is 24.3 Å². The number of likely N-dealkylation sites (tertiary alicyclic amines) is 2. The predicted molar refractivity (Wildman–Crippen MR) is 235 cm³/mol. The Morgan fingerprint density at radius 3 is 2.16 bits per heavy atom. The molecule has 3 aliphatic heterocycles. The van der Waals surface area contributed by atoms with Crippen LogP contribution in [-0.2, 0) is 25.5 Å². The van der Waals surface area contributed by atoms with Crippen molar-refractivity contribution in [3.63, 3.8) is 0 Å². The molecule has 0 saturated carbocycles. The van der Waals surface area contributed by atoms with Crippen LogP contribution in [0.3, 0.4) is 0 Å². The van der Waals surface area contributed by atoms with Crippen LogP contribution >= 0.6 is 0 Å². The topological polar surface area (TPSA) is 189 Å². The van der Waals surface area contributed by atoms with Gasteiger partial charge in [-0.1, -0.05) is 46.2 Å². The van der Waals surface area contributed by atoms with Gasteiger partial charge in [0.25, 0.3) is 0 Å². The average Bonchev–Trinajstić information content (AvgIpc) is 4.12. The lowest BCUT2D eigenvalue weighted by atomic mass is 9.97. The van der Waals surface area contributed by atoms with Gasteiger partial charge in [0.15, 0.2) is 0 Å². The van der Waals surface area contributed by atoms with Crippen molar-refractivity contribution >= 4 is 57.3 Å². The molecule has 8 rings (SSSR count). The van der Waals surface area contributed by atoms with E-state index in [1.54, 1.807) is 29.3 Å². The second-order valence-corrected chi connectivity index (χ2v) is 16.9. The molecule has 2 aromatic heterocycles. The molecular weight excluding hydrogens is 791 g/mol. The molecule has 4 amide bonds. The number of hydrogen-bond acceptors (Lipinski definition) is 10. The molecule has 3 N–H and O–H groups in total. The van der Waals surface area contributed by atoms with E-state index in [-0.39, 0.29) is 41.2 Å². The van der Waals surface area contributed by atoms with Crippen LogP contribution in [0.2, 0.25) is 0 Å². The smallest absolute Gasteiger partial charge is 0.407 e. The summed E-state index contributed by atoms with van der Waals surface area (Å²) in [6.07, 6.45) is 4.92. The van der Waals surface area contributed by atoms with Crippen molar-refractivity contribution < 1.29 is 33.1 Å². The number of carbonyl (C=O) groups excluding carboxylic acids is 4. The number of amides is 4. The lowest BCUT2D eigenvalue weighted by Gasteiger charge is -2.30. The summed E-state index contributed by atoms with van der Waals surface area (Å²) in [5, 5.41) is 6.33. The fourth-order valence-corrected chi connectivity index (χ4v) is 9.07. The number of aromatic nitrogens is 2. The third-order valence-corrected chi connectivity index (χ3v) is 12.7. The molecule has 0 aliphatic carbocycles. The van der Waals surface area contributed by atoms with Crippen molar-refractivity contribution in [2.24, 2.45) is 16.8 Å². The Morgan fingerprint density at radius 1 is 0.806 bits per heavy atom. The van der Waals surface area contributed by atoms with Crippen LogP contribution in [0.25, 0.3) is 44.3 Å². The number of nitrogens with one attached hydrogen (secondary N) is 3. The molecule has 5 atom stereocenters. The van der Waals surface area contributed by atoms with Gasteiger partial charge in [0.1, 0.15) is 29.1 Å². The molecule has 3 aliphatic rings. The van der Waals surface area contributed by atoms with Gasteiger partial charge < -0.3 is 39.3 Å². The highest BCUT2D eigenvalue weighted by Crippen LogP contribution is 2.37. The monoisotopic (exact) mass is 843 g/mol. The van der Waals surface area contributed by atoms with Crippen LogP contribution in [0.1, 0.15) is 77.2 Å². The standard InChI is InChI=1S/C47H53N7O8/c1-7-26(4)41(52-47(59)61-6)45(57)54-19-9-11-37(54)43-48-24-35(50-43)29-14-17-38-32(21-29)42(55)31-15-12-28(23-39(31)62-38)27-13-16-33-30(20-27)22-34(49-33)36-10-8-18-53(36)44(56)40(25(2)3)51-46(58)60-5/h12-17,20-21,23-26,36-37,40-41H,7-11,18-19,22H2,1-6H3,(H,48,50)(H,51,58)(H,52,59)/t26-,36-,37-,40-,41-/m0/s1. The zero-order valence-electron chi connectivity index (χ0n) is 35.9. The molecular formula is C47H53N7O8. The lowest BCUT2D eigenvalue weighted by molar-refractivity contribution is -0.136. The van der Waals surface area contributed by atoms with Crippen LogP contribution in [0.15, 0.2) is 75.0 Å². The normalized spacial score (nSPS) is 18.7. The molecule has 0 unspecified atom stereocenters. The van der Waals surface area contributed by atoms with Gasteiger partial charge in [-0.15, -0.1) is 0 Å². The molecule has 324 valence electrons. The van der Waals surface area contributed by atoms with Gasteiger partial charge in [-0.25, -0.2) is 14.6 Å². The quantitative estimate of drug-likeness (QED) is 0.114. The van der Waals surface area contributed by atoms with E-state index >= 15 is 0 Å². The number of benzene rings is 3. The minimum atomic E-state index is -0.721. The minimum Gasteiger partial charge on any atom is -0.456 e. The van der Waals surface area contributed by atoms with Crippen molar-refractivity contribution in [1.82, 2.24) is 30.4 Å². The van der Waals surface area contributed by atoms with Crippen LogP contribution < -0.4 is 16.1 Å². The molecule has 2 saturated heterocycles. The fourth-order valence-electron chi connectivity index (χ4n) is 9.07. The Kier molecular flexibility index (Phi) is 11.9. The Bertz CT molecular complexity index is 2650. The van der Waals surface area contributed by atoms with Gasteiger partial charge in [0.05, 0.1) is 54.7 Å². The van der Waals surface area contributed by atoms with Gasteiger partial charge in [0, 0.05) is 30.8 Å². The van der Waals surface area contributed by atoms with Crippen molar-refractivity contribution in [2.45, 2.75) is 90.4 Å². The maximum atomic E-state index is 14.0. The molecule has 0 bridgehead atoms. The van der Waals surface area contributed by atoms with Gasteiger partial charge in [-0.3, -0.25) is 19.4 Å². The number of nitrogens with zero attached hydrogens (tertiary/aromatic N) is 4. The Labute approximate surface area is 359 Å². The van der Waals surface area contributed by atoms with E-state index in [1.807, 2.05) is 62.9 Å². The van der Waals surface area contributed by atoms with Crippen LogP contribution in [0.4, 0.5) is 15.3 Å². The first-order valence-corrected chi connectivity index (χ1v) is 21.5. The Morgan fingerprint density at radius 2 is 1.45 bits per heavy atom. The van der Waals surface area contributed by atoms with E-state index in [0.717, 1.165) is 59.3 Å². The summed E-state index contributed by atoms with van der Waals surface area (Å²) in [6.45, 7) is 8.86. The molecule has 15 heteroatoms. The molecule has 0 spiro atoms. The summed E-state index contributed by atoms with van der Waals surface area (Å²) in [6, 6.07) is 15.3. The highest BCUT2D eigenvalue weighted by molar-refractivity contribution is 6.01. The molecule has 62 heavy (non-hydrogen) atoms. The number of fused-ring (bicyclic) bond motifs is 3. The largest absolute Gasteiger partial charge is 0.456 e. The minimum absolute atomic E-state index is 0.0943. The maximum absolute atomic E-state index is 14.0. The van der Waals surface area contributed by atoms with Crippen molar-refractivity contribution in [3.8, 4) is 22.4 Å². The molecule has 5 aromatic rings. The SMILES string of the molecule is CC[C@H](C)[C@H](NC(=O)OC)C(=O)N1CCC[C@H]1c1ncc(-c2ccc3oc4cc(-c5ccc6c(c5)CC([C@@H]5CCCN5C(=O)[C@@H](NC(=O)OC)C(C)C)=N6)ccc4c(=O)c3c2)[nH]1. The van der Waals surface area contributed by atoms with Gasteiger partial charge in [-0.2, -0.15) is 0 Å². The molecule has 2 fully saturated rings. The number of aromatic amines is 1. The number of hydrogen-bond donors (Lipinski definition) is 3. The van der Waals surface area contributed by atoms with Crippen LogP contribution in [0, 0.1) is 11.8 Å². The zero-order chi connectivity index (χ0) is 43.8. The molecule has 5 heterocycles. The lowest BCUT2D eigenvalue weighted by Crippen LogP contribution is -2.53. The third-order valence-electron chi connectivity index (χ3n) is 12.7. The first kappa shape index (κ1) is 42.2. The van der Waals surface area contributed by atoms with Crippen LogP contribution in [0.5, 0.6) is 0 Å². The summed E-state index contributed by atoms with van der Waals surface area (Å²) in [5.74, 6) is 0.127. The summed E-state index contributed by atoms with van der Waals surface area (Å²) in [4.78, 5) is 82.3. The van der Waals surface area contributed by atoms with E-state index in [1.165, 1.54) is 14.2 Å². The number of methoxy groups -OCH3 is 2. The van der Waals surface area contributed by atoms with E-state index in [9.17, 15) is 24.0 Å². The van der Waals surface area contributed by atoms with Crippen molar-refractivity contribution in [1.29, 1.82) is 0 Å². The number of ether oxygens (including phenoxy) is 2. The number of alkyl carbamates (subject to hydrolysis) is 2. The van der Waals surface area contributed by atoms with E-state index in [4.69, 9.17) is 18.9 Å². The molecule has 0 radical (unpaired) electrons. The fraction of sp³-hybridized carbons (Fsp3) is 0.426. The predicted octanol–water partition coefficient (Wildman–Crippen LogP) is 7.44. The van der Waals surface area contributed by atoms with Gasteiger partial charge >= 0.3 is 12.2 Å². The second kappa shape index (κ2) is 17.5. The Balaban J connectivity index is 0.992. The highest BCUT2D eigenvalue weighted by Gasteiger charge is 2.40. The van der Waals surface area contributed by atoms with Crippen molar-refractivity contribution in [3.05, 3.63) is 82.4 Å². The van der Waals surface area contributed by atoms with Crippen LogP contribution in [-0.4, -0.2) is 94.9 Å². The van der Waals surface area contributed by atoms with E-state index in [0.29, 0.717) is 59.4 Å². The summed E-state index contributed by atoms with van der Waals surface area (Å²) >= 11 is 0. The number of rotatable bonds is 11. The summed E-state index contributed by atoms with van der Waals surface area (Å²) < 4.78 is 16.0. The molecule has 3 aromatic carbocycles. The zero-order valence-corrected chi connectivity index (χ0v) is 35.9. The molecule has 15 nitrogen and oxygen atoms in total. The maximum Gasteiger partial charge on any atom is 0.407 e. The first-order valence-electron chi connectivity index (χ1n) is 21.5. The van der Waals surface area contributed by atoms with Crippen molar-refractivity contribution in [2.75, 3.05) is 27.3 Å². The summed E-state index contributed by atoms with van der Waals surface area (Å²) in [7, 11) is 2.57. The van der Waals surface area contributed by atoms with Gasteiger partial charge in [0.2, 0.25) is 17.2 Å². The number of imidazole rings is 1. The third kappa shape index (κ3) is 8.03. The number of aliphatic imine (C=N–C) groups is 1. The summed E-state index contributed by atoms with van der Waals surface area (Å²) in [5.41, 5.74) is 6.92.